The number of hydrogen-bond donors (Lipinski definition) is 1. The third kappa shape index (κ3) is 5.87. The number of carbonyl (C=O) groups excluding carboxylic acids is 3. The maximum atomic E-state index is 13.3. The molecule has 1 aromatic heterocycles. The first kappa shape index (κ1) is 25.3. The van der Waals surface area contributed by atoms with E-state index < -0.39 is 5.97 Å². The average molecular weight is 496 g/mol. The quantitative estimate of drug-likeness (QED) is 0.608. The van der Waals surface area contributed by atoms with E-state index in [0.717, 1.165) is 50.4 Å². The number of aromatic nitrogens is 1. The van der Waals surface area contributed by atoms with Crippen molar-refractivity contribution < 1.29 is 23.9 Å². The minimum absolute atomic E-state index is 0.204. The Hall–Kier alpha value is -3.82. The summed E-state index contributed by atoms with van der Waals surface area (Å²) in [5, 5.41) is 3.04. The van der Waals surface area contributed by atoms with Gasteiger partial charge in [-0.1, -0.05) is 0 Å². The van der Waals surface area contributed by atoms with Crippen LogP contribution in [0.25, 0.3) is 0 Å². The lowest BCUT2D eigenvalue weighted by molar-refractivity contribution is 0.0524. The molecule has 0 radical (unpaired) electrons. The highest BCUT2D eigenvalue weighted by Crippen LogP contribution is 2.31. The topological polar surface area (TPSA) is 104 Å². The molecule has 2 fully saturated rings. The summed E-state index contributed by atoms with van der Waals surface area (Å²) in [6.45, 7) is 6.38. The number of ether oxygens (including phenoxy) is 2. The van der Waals surface area contributed by atoms with E-state index in [1.807, 2.05) is 12.1 Å². The summed E-state index contributed by atoms with van der Waals surface area (Å²) in [6.07, 6.45) is 4.50. The molecule has 1 N–H and O–H groups in total. The van der Waals surface area contributed by atoms with E-state index in [0.29, 0.717) is 43.1 Å². The molecule has 3 heterocycles. The number of pyridine rings is 1. The van der Waals surface area contributed by atoms with Crippen molar-refractivity contribution in [2.45, 2.75) is 26.2 Å². The van der Waals surface area contributed by atoms with Crippen molar-refractivity contribution in [3.8, 4) is 0 Å². The Morgan fingerprint density at radius 2 is 1.64 bits per heavy atom. The molecule has 192 valence electrons. The van der Waals surface area contributed by atoms with Crippen LogP contribution in [0.1, 0.15) is 46.9 Å². The van der Waals surface area contributed by atoms with Crippen LogP contribution >= 0.6 is 0 Å². The normalized spacial score (nSPS) is 15.9. The van der Waals surface area contributed by atoms with Crippen molar-refractivity contribution in [2.75, 3.05) is 68.1 Å². The van der Waals surface area contributed by atoms with E-state index >= 15 is 0 Å². The molecular weight excluding hydrogens is 462 g/mol. The van der Waals surface area contributed by atoms with Gasteiger partial charge in [0, 0.05) is 45.5 Å². The number of nitrogens with one attached hydrogen (secondary N) is 1. The molecule has 0 bridgehead atoms. The van der Waals surface area contributed by atoms with Gasteiger partial charge < -0.3 is 29.5 Å². The van der Waals surface area contributed by atoms with Crippen molar-refractivity contribution in [1.29, 1.82) is 0 Å². The van der Waals surface area contributed by atoms with Crippen LogP contribution in [-0.4, -0.2) is 80.8 Å². The number of amides is 2. The number of carbonyl (C=O) groups is 3. The molecule has 2 aliphatic heterocycles. The summed E-state index contributed by atoms with van der Waals surface area (Å²) >= 11 is 0. The number of benzene rings is 1. The lowest BCUT2D eigenvalue weighted by Crippen LogP contribution is -2.38. The largest absolute Gasteiger partial charge is 0.465 e. The lowest BCUT2D eigenvalue weighted by atomic mass is 10.1. The van der Waals surface area contributed by atoms with E-state index in [4.69, 9.17) is 9.47 Å². The Kier molecular flexibility index (Phi) is 8.24. The van der Waals surface area contributed by atoms with Gasteiger partial charge in [0.2, 0.25) is 0 Å². The SMILES string of the molecule is CCOC(=O)c1ccc(N2CCCN(C(=O)Nc3cc(C(=O)OC)ccc3N3CCCC3)CC2)nc1. The van der Waals surface area contributed by atoms with Gasteiger partial charge in [0.15, 0.2) is 0 Å². The van der Waals surface area contributed by atoms with Crippen LogP contribution in [0.5, 0.6) is 0 Å². The summed E-state index contributed by atoms with van der Waals surface area (Å²) in [4.78, 5) is 47.8. The molecule has 0 aliphatic carbocycles. The Morgan fingerprint density at radius 1 is 0.889 bits per heavy atom. The molecule has 2 amide bonds. The highest BCUT2D eigenvalue weighted by atomic mass is 16.5. The first-order valence-electron chi connectivity index (χ1n) is 12.4. The highest BCUT2D eigenvalue weighted by Gasteiger charge is 2.23. The van der Waals surface area contributed by atoms with Gasteiger partial charge in [0.1, 0.15) is 5.82 Å². The van der Waals surface area contributed by atoms with Crippen molar-refractivity contribution in [3.63, 3.8) is 0 Å². The minimum Gasteiger partial charge on any atom is -0.465 e. The molecule has 10 nitrogen and oxygen atoms in total. The molecule has 0 saturated carbocycles. The fourth-order valence-corrected chi connectivity index (χ4v) is 4.57. The zero-order valence-electron chi connectivity index (χ0n) is 20.9. The summed E-state index contributed by atoms with van der Waals surface area (Å²) < 4.78 is 9.89. The third-order valence-corrected chi connectivity index (χ3v) is 6.47. The van der Waals surface area contributed by atoms with Gasteiger partial charge in [0.25, 0.3) is 0 Å². The maximum Gasteiger partial charge on any atom is 0.339 e. The average Bonchev–Trinajstić information content (AvgIpc) is 3.32. The van der Waals surface area contributed by atoms with E-state index in [2.05, 4.69) is 20.1 Å². The minimum atomic E-state index is -0.439. The van der Waals surface area contributed by atoms with Crippen LogP contribution in [0.3, 0.4) is 0 Å². The van der Waals surface area contributed by atoms with Crippen molar-refractivity contribution in [1.82, 2.24) is 9.88 Å². The monoisotopic (exact) mass is 495 g/mol. The lowest BCUT2D eigenvalue weighted by Gasteiger charge is -2.26. The van der Waals surface area contributed by atoms with Crippen LogP contribution in [-0.2, 0) is 9.47 Å². The number of nitrogens with zero attached hydrogens (tertiary/aromatic N) is 4. The standard InChI is InChI=1S/C26H33N5O5/c1-3-36-25(33)20-8-10-23(27-18-20)30-13-6-14-31(16-15-30)26(34)28-21-17-19(24(32)35-2)7-9-22(21)29-11-4-5-12-29/h7-10,17-18H,3-6,11-16H2,1-2H3,(H,28,34). The predicted molar refractivity (Wildman–Crippen MR) is 137 cm³/mol. The molecule has 0 atom stereocenters. The summed E-state index contributed by atoms with van der Waals surface area (Å²) in [5.41, 5.74) is 2.34. The number of hydrogen-bond acceptors (Lipinski definition) is 8. The number of urea groups is 1. The van der Waals surface area contributed by atoms with Crippen molar-refractivity contribution in [2.24, 2.45) is 0 Å². The summed E-state index contributed by atoms with van der Waals surface area (Å²) in [5.74, 6) is -0.0717. The van der Waals surface area contributed by atoms with Gasteiger partial charge in [0.05, 0.1) is 36.2 Å². The van der Waals surface area contributed by atoms with E-state index in [9.17, 15) is 14.4 Å². The highest BCUT2D eigenvalue weighted by molar-refractivity contribution is 5.97. The van der Waals surface area contributed by atoms with E-state index in [1.54, 1.807) is 30.0 Å². The molecule has 2 saturated heterocycles. The van der Waals surface area contributed by atoms with Crippen molar-refractivity contribution in [3.05, 3.63) is 47.7 Å². The Bertz CT molecular complexity index is 1080. The van der Waals surface area contributed by atoms with Gasteiger partial charge in [-0.25, -0.2) is 19.4 Å². The second-order valence-electron chi connectivity index (χ2n) is 8.80. The Labute approximate surface area is 211 Å². The molecule has 10 heteroatoms. The second kappa shape index (κ2) is 11.7. The van der Waals surface area contributed by atoms with E-state index in [1.165, 1.54) is 13.3 Å². The number of methoxy groups -OCH3 is 1. The van der Waals surface area contributed by atoms with Crippen molar-refractivity contribution >= 4 is 35.2 Å². The van der Waals surface area contributed by atoms with Gasteiger partial charge in [-0.05, 0) is 56.5 Å². The van der Waals surface area contributed by atoms with Gasteiger partial charge in [-0.3, -0.25) is 0 Å². The fraction of sp³-hybridized carbons (Fsp3) is 0.462. The van der Waals surface area contributed by atoms with Crippen LogP contribution in [0, 0.1) is 0 Å². The molecule has 36 heavy (non-hydrogen) atoms. The summed E-state index contributed by atoms with van der Waals surface area (Å²) in [7, 11) is 1.34. The zero-order chi connectivity index (χ0) is 25.5. The van der Waals surface area contributed by atoms with Crippen LogP contribution in [0.2, 0.25) is 0 Å². The number of anilines is 3. The molecule has 2 aliphatic rings. The Balaban J connectivity index is 1.43. The smallest absolute Gasteiger partial charge is 0.339 e. The van der Waals surface area contributed by atoms with Crippen LogP contribution < -0.4 is 15.1 Å². The third-order valence-electron chi connectivity index (χ3n) is 6.47. The molecule has 2 aromatic rings. The summed E-state index contributed by atoms with van der Waals surface area (Å²) in [6, 6.07) is 8.62. The number of rotatable bonds is 6. The second-order valence-corrected chi connectivity index (χ2v) is 8.80. The molecular formula is C26H33N5O5. The molecule has 0 spiro atoms. The van der Waals surface area contributed by atoms with Gasteiger partial charge in [-0.15, -0.1) is 0 Å². The van der Waals surface area contributed by atoms with Crippen LogP contribution in [0.4, 0.5) is 22.0 Å². The molecule has 1 aromatic carbocycles. The van der Waals surface area contributed by atoms with Crippen LogP contribution in [0.15, 0.2) is 36.5 Å². The zero-order valence-corrected chi connectivity index (χ0v) is 20.9. The Morgan fingerprint density at radius 3 is 2.33 bits per heavy atom. The predicted octanol–water partition coefficient (Wildman–Crippen LogP) is 3.39. The van der Waals surface area contributed by atoms with E-state index in [-0.39, 0.29) is 12.0 Å². The molecule has 0 unspecified atom stereocenters. The fourth-order valence-electron chi connectivity index (χ4n) is 4.57. The van der Waals surface area contributed by atoms with Gasteiger partial charge >= 0.3 is 18.0 Å². The maximum absolute atomic E-state index is 13.3. The number of esters is 2. The molecule has 4 rings (SSSR count). The first-order valence-corrected chi connectivity index (χ1v) is 12.4. The first-order chi connectivity index (χ1) is 17.5. The van der Waals surface area contributed by atoms with Gasteiger partial charge in [-0.2, -0.15) is 0 Å².